The van der Waals surface area contributed by atoms with E-state index in [0.717, 1.165) is 15.6 Å². The molecule has 1 N–H and O–H groups in total. The van der Waals surface area contributed by atoms with Crippen molar-refractivity contribution in [3.05, 3.63) is 73.2 Å². The molecule has 0 bridgehead atoms. The zero-order valence-corrected chi connectivity index (χ0v) is 15.0. The molecule has 0 saturated carbocycles. The SMILES string of the molecule is Cc1cc(Br)c2[nH]c(=O)c3sc(-c4ccccc4)nc(=O)c3c2c1. The minimum Gasteiger partial charge on any atom is -0.320 e. The lowest BCUT2D eigenvalue weighted by atomic mass is 10.1. The van der Waals surface area contributed by atoms with Crippen molar-refractivity contribution >= 4 is 48.3 Å². The molecule has 6 heteroatoms. The Kier molecular flexibility index (Phi) is 3.58. The predicted molar refractivity (Wildman–Crippen MR) is 102 cm³/mol. The number of H-pyrrole nitrogens is 1. The summed E-state index contributed by atoms with van der Waals surface area (Å²) in [5.41, 5.74) is 1.79. The molecule has 0 radical (unpaired) electrons. The normalized spacial score (nSPS) is 11.2. The average Bonchev–Trinajstić information content (AvgIpc) is 2.56. The molecule has 0 aliphatic heterocycles. The molecule has 0 spiro atoms. The first-order chi connectivity index (χ1) is 11.5. The van der Waals surface area contributed by atoms with Gasteiger partial charge in [0.25, 0.3) is 11.1 Å². The highest BCUT2D eigenvalue weighted by Crippen LogP contribution is 2.30. The fourth-order valence-corrected chi connectivity index (χ4v) is 4.45. The van der Waals surface area contributed by atoms with E-state index in [2.05, 4.69) is 25.9 Å². The monoisotopic (exact) mass is 398 g/mol. The third-order valence-corrected chi connectivity index (χ3v) is 5.55. The van der Waals surface area contributed by atoms with E-state index in [4.69, 9.17) is 0 Å². The van der Waals surface area contributed by atoms with Crippen LogP contribution in [0.4, 0.5) is 0 Å². The second-order valence-corrected chi connectivity index (χ2v) is 7.37. The smallest absolute Gasteiger partial charge is 0.280 e. The topological polar surface area (TPSA) is 62.8 Å². The molecule has 4 nitrogen and oxygen atoms in total. The number of nitrogens with one attached hydrogen (secondary N) is 1. The van der Waals surface area contributed by atoms with Crippen LogP contribution in [0.15, 0.2) is 56.5 Å². The van der Waals surface area contributed by atoms with Crippen LogP contribution in [-0.4, -0.2) is 9.97 Å². The maximum atomic E-state index is 12.7. The Bertz CT molecular complexity index is 1210. The molecule has 4 rings (SSSR count). The van der Waals surface area contributed by atoms with Gasteiger partial charge in [-0.25, -0.2) is 0 Å². The van der Waals surface area contributed by atoms with Crippen molar-refractivity contribution < 1.29 is 0 Å². The van der Waals surface area contributed by atoms with Crippen molar-refractivity contribution in [3.8, 4) is 10.6 Å². The summed E-state index contributed by atoms with van der Waals surface area (Å²) in [7, 11) is 0. The number of pyridine rings is 1. The molecule has 0 unspecified atom stereocenters. The number of fused-ring (bicyclic) bond motifs is 3. The maximum Gasteiger partial charge on any atom is 0.280 e. The van der Waals surface area contributed by atoms with Gasteiger partial charge in [0.1, 0.15) is 9.71 Å². The standard InChI is InChI=1S/C18H11BrN2O2S/c1-9-7-11-13-15(17(23)20-14(11)12(19)8-9)24-18(21-16(13)22)10-5-3-2-4-6-10/h2-8H,1H3,(H,20,23). The molecule has 0 atom stereocenters. The van der Waals surface area contributed by atoms with E-state index in [0.29, 0.717) is 26.0 Å². The quantitative estimate of drug-likeness (QED) is 0.487. The summed E-state index contributed by atoms with van der Waals surface area (Å²) in [6.45, 7) is 1.95. The number of aryl methyl sites for hydroxylation is 1. The summed E-state index contributed by atoms with van der Waals surface area (Å²) >= 11 is 4.69. The molecule has 118 valence electrons. The number of aromatic amines is 1. The van der Waals surface area contributed by atoms with Gasteiger partial charge < -0.3 is 4.98 Å². The van der Waals surface area contributed by atoms with Crippen molar-refractivity contribution in [2.75, 3.05) is 0 Å². The largest absolute Gasteiger partial charge is 0.320 e. The van der Waals surface area contributed by atoms with E-state index in [-0.39, 0.29) is 11.1 Å². The Morgan fingerprint density at radius 3 is 2.62 bits per heavy atom. The van der Waals surface area contributed by atoms with Gasteiger partial charge in [-0.05, 0) is 40.5 Å². The molecule has 0 fully saturated rings. The van der Waals surface area contributed by atoms with Crippen LogP contribution >= 0.6 is 27.3 Å². The van der Waals surface area contributed by atoms with Crippen LogP contribution < -0.4 is 11.1 Å². The van der Waals surface area contributed by atoms with E-state index in [1.54, 1.807) is 0 Å². The number of hydrogen-bond acceptors (Lipinski definition) is 4. The van der Waals surface area contributed by atoms with Gasteiger partial charge in [0.2, 0.25) is 0 Å². The molecule has 24 heavy (non-hydrogen) atoms. The van der Waals surface area contributed by atoms with Crippen LogP contribution in [-0.2, 0) is 0 Å². The van der Waals surface area contributed by atoms with Gasteiger partial charge in [0.05, 0.1) is 10.9 Å². The van der Waals surface area contributed by atoms with Gasteiger partial charge in [0, 0.05) is 15.4 Å². The molecule has 0 aliphatic carbocycles. The van der Waals surface area contributed by atoms with Crippen molar-refractivity contribution in [1.29, 1.82) is 0 Å². The molecule has 0 amide bonds. The Morgan fingerprint density at radius 1 is 1.12 bits per heavy atom. The Labute approximate surface area is 148 Å². The highest BCUT2D eigenvalue weighted by atomic mass is 79.9. The Balaban J connectivity index is 2.18. The van der Waals surface area contributed by atoms with Crippen LogP contribution in [0.5, 0.6) is 0 Å². The third-order valence-electron chi connectivity index (χ3n) is 3.81. The summed E-state index contributed by atoms with van der Waals surface area (Å²) in [5, 5.41) is 1.64. The van der Waals surface area contributed by atoms with Crippen LogP contribution in [0.1, 0.15) is 5.56 Å². The molecule has 0 aliphatic rings. The zero-order valence-electron chi connectivity index (χ0n) is 12.6. The molecule has 2 heterocycles. The second-order valence-electron chi connectivity index (χ2n) is 5.52. The number of nitrogens with zero attached hydrogens (tertiary/aromatic N) is 1. The van der Waals surface area contributed by atoms with E-state index in [9.17, 15) is 9.59 Å². The first-order valence-corrected chi connectivity index (χ1v) is 8.88. The highest BCUT2D eigenvalue weighted by Gasteiger charge is 2.15. The van der Waals surface area contributed by atoms with Crippen LogP contribution in [0.25, 0.3) is 31.6 Å². The van der Waals surface area contributed by atoms with Gasteiger partial charge in [-0.15, -0.1) is 11.3 Å². The van der Waals surface area contributed by atoms with Crippen molar-refractivity contribution in [2.24, 2.45) is 0 Å². The predicted octanol–water partition coefficient (Wildman–Crippen LogP) is 4.24. The van der Waals surface area contributed by atoms with Crippen LogP contribution in [0.2, 0.25) is 0 Å². The van der Waals surface area contributed by atoms with Gasteiger partial charge in [-0.2, -0.15) is 4.98 Å². The number of benzene rings is 2. The fraction of sp³-hybridized carbons (Fsp3) is 0.0556. The molecule has 4 aromatic rings. The summed E-state index contributed by atoms with van der Waals surface area (Å²) in [6.07, 6.45) is 0. The van der Waals surface area contributed by atoms with Crippen LogP contribution in [0.3, 0.4) is 0 Å². The first-order valence-electron chi connectivity index (χ1n) is 7.27. The Morgan fingerprint density at radius 2 is 1.88 bits per heavy atom. The lowest BCUT2D eigenvalue weighted by molar-refractivity contribution is 1.29. The molecular weight excluding hydrogens is 388 g/mol. The maximum absolute atomic E-state index is 12.7. The average molecular weight is 399 g/mol. The van der Waals surface area contributed by atoms with Crippen LogP contribution in [0, 0.1) is 6.92 Å². The summed E-state index contributed by atoms with van der Waals surface area (Å²) in [6, 6.07) is 13.2. The summed E-state index contributed by atoms with van der Waals surface area (Å²) < 4.78 is 1.16. The number of halogens is 1. The minimum absolute atomic E-state index is 0.274. The van der Waals surface area contributed by atoms with E-state index in [1.165, 1.54) is 11.3 Å². The summed E-state index contributed by atoms with van der Waals surface area (Å²) in [4.78, 5) is 32.3. The fourth-order valence-electron chi connectivity index (χ4n) is 2.75. The van der Waals surface area contributed by atoms with Crippen molar-refractivity contribution in [1.82, 2.24) is 9.97 Å². The number of hydrogen-bond donors (Lipinski definition) is 1. The summed E-state index contributed by atoms with van der Waals surface area (Å²) in [5.74, 6) is 0. The van der Waals surface area contributed by atoms with Gasteiger partial charge in [0.15, 0.2) is 0 Å². The van der Waals surface area contributed by atoms with Gasteiger partial charge in [-0.3, -0.25) is 9.59 Å². The minimum atomic E-state index is -0.379. The van der Waals surface area contributed by atoms with E-state index >= 15 is 0 Å². The molecule has 0 saturated heterocycles. The van der Waals surface area contributed by atoms with Gasteiger partial charge in [-0.1, -0.05) is 30.3 Å². The second kappa shape index (κ2) is 5.65. The Hall–Kier alpha value is -2.31. The number of rotatable bonds is 1. The zero-order chi connectivity index (χ0) is 16.8. The lowest BCUT2D eigenvalue weighted by Crippen LogP contribution is -2.14. The molecule has 2 aromatic heterocycles. The number of aromatic nitrogens is 2. The van der Waals surface area contributed by atoms with Crippen molar-refractivity contribution in [2.45, 2.75) is 6.92 Å². The molecular formula is C18H11BrN2O2S. The van der Waals surface area contributed by atoms with Crippen molar-refractivity contribution in [3.63, 3.8) is 0 Å². The van der Waals surface area contributed by atoms with Gasteiger partial charge >= 0.3 is 0 Å². The molecule has 2 aromatic carbocycles. The van der Waals surface area contributed by atoms with E-state index < -0.39 is 0 Å². The first kappa shape index (κ1) is 15.2. The van der Waals surface area contributed by atoms with E-state index in [1.807, 2.05) is 49.4 Å². The lowest BCUT2D eigenvalue weighted by Gasteiger charge is -2.07. The third kappa shape index (κ3) is 2.39. The highest BCUT2D eigenvalue weighted by molar-refractivity contribution is 9.10.